The second-order valence-corrected chi connectivity index (χ2v) is 5.36. The number of likely N-dealkylation sites (N-methyl/N-ethyl adjacent to an activating group) is 1. The summed E-state index contributed by atoms with van der Waals surface area (Å²) in [5.74, 6) is 0.143. The Bertz CT molecular complexity index is 746. The monoisotopic (exact) mass is 278 g/mol. The zero-order valence-electron chi connectivity index (χ0n) is 12.0. The van der Waals surface area contributed by atoms with Crippen LogP contribution in [0.2, 0.25) is 0 Å². The molecular weight excluding hydrogens is 260 g/mol. The number of carbonyl (C=O) groups is 1. The van der Waals surface area contributed by atoms with Crippen molar-refractivity contribution in [3.05, 3.63) is 71.9 Å². The lowest BCUT2D eigenvalue weighted by Crippen LogP contribution is -2.25. The summed E-state index contributed by atoms with van der Waals surface area (Å²) in [6.45, 7) is 1.19. The number of benzene rings is 2. The summed E-state index contributed by atoms with van der Waals surface area (Å²) in [6.07, 6.45) is 1.89. The minimum Gasteiger partial charge on any atom is -0.361 e. The van der Waals surface area contributed by atoms with E-state index in [2.05, 4.69) is 17.1 Å². The molecule has 1 aromatic heterocycles. The summed E-state index contributed by atoms with van der Waals surface area (Å²) >= 11 is 0. The summed E-state index contributed by atoms with van der Waals surface area (Å²) in [5, 5.41) is 1.13. The van der Waals surface area contributed by atoms with E-state index in [0.29, 0.717) is 6.54 Å². The molecule has 0 fully saturated rings. The maximum atomic E-state index is 12.4. The van der Waals surface area contributed by atoms with Crippen molar-refractivity contribution in [2.45, 2.75) is 6.54 Å². The number of hydrogen-bond donors (Lipinski definition) is 1. The van der Waals surface area contributed by atoms with E-state index >= 15 is 0 Å². The molecule has 3 nitrogen and oxygen atoms in total. The van der Waals surface area contributed by atoms with E-state index < -0.39 is 0 Å². The summed E-state index contributed by atoms with van der Waals surface area (Å²) in [4.78, 5) is 17.5. The van der Waals surface area contributed by atoms with Crippen LogP contribution in [-0.2, 0) is 6.54 Å². The van der Waals surface area contributed by atoms with Crippen LogP contribution in [0.25, 0.3) is 10.9 Å². The van der Waals surface area contributed by atoms with Crippen LogP contribution < -0.4 is 0 Å². The Morgan fingerprint density at radius 1 is 1.10 bits per heavy atom. The van der Waals surface area contributed by atoms with Crippen LogP contribution in [-0.4, -0.2) is 29.3 Å². The van der Waals surface area contributed by atoms with E-state index in [1.54, 1.807) is 0 Å². The number of aromatic nitrogens is 1. The predicted molar refractivity (Wildman–Crippen MR) is 85.4 cm³/mol. The van der Waals surface area contributed by atoms with Crippen LogP contribution in [0.3, 0.4) is 0 Å². The standard InChI is InChI=1S/C18H18N2O/c1-20(12-14-5-3-2-4-6-14)13-18(21)16-8-7-15-9-10-19-17(15)11-16/h2-11,19H,12-13H2,1H3. The number of H-pyrrole nitrogens is 1. The van der Waals surface area contributed by atoms with E-state index in [4.69, 9.17) is 0 Å². The smallest absolute Gasteiger partial charge is 0.176 e. The highest BCUT2D eigenvalue weighted by Crippen LogP contribution is 2.15. The lowest BCUT2D eigenvalue weighted by Gasteiger charge is -2.15. The molecule has 3 heteroatoms. The molecule has 0 saturated carbocycles. The van der Waals surface area contributed by atoms with Crippen molar-refractivity contribution in [3.63, 3.8) is 0 Å². The van der Waals surface area contributed by atoms with Gasteiger partial charge < -0.3 is 4.98 Å². The molecule has 0 saturated heterocycles. The molecule has 0 aliphatic carbocycles. The van der Waals surface area contributed by atoms with Gasteiger partial charge in [-0.25, -0.2) is 0 Å². The number of fused-ring (bicyclic) bond motifs is 1. The van der Waals surface area contributed by atoms with E-state index in [1.807, 2.05) is 60.6 Å². The van der Waals surface area contributed by atoms with Crippen molar-refractivity contribution in [2.24, 2.45) is 0 Å². The number of hydrogen-bond acceptors (Lipinski definition) is 2. The average Bonchev–Trinajstić information content (AvgIpc) is 2.95. The maximum Gasteiger partial charge on any atom is 0.176 e. The summed E-state index contributed by atoms with van der Waals surface area (Å²) in [7, 11) is 1.97. The van der Waals surface area contributed by atoms with E-state index in [1.165, 1.54) is 5.56 Å². The largest absolute Gasteiger partial charge is 0.361 e. The Labute approximate surface area is 124 Å². The number of ketones is 1. The maximum absolute atomic E-state index is 12.4. The van der Waals surface area contributed by atoms with Gasteiger partial charge in [-0.05, 0) is 30.1 Å². The number of carbonyl (C=O) groups excluding carboxylic acids is 1. The van der Waals surface area contributed by atoms with Crippen molar-refractivity contribution in [2.75, 3.05) is 13.6 Å². The average molecular weight is 278 g/mol. The Morgan fingerprint density at radius 3 is 2.71 bits per heavy atom. The highest BCUT2D eigenvalue weighted by atomic mass is 16.1. The first-order chi connectivity index (χ1) is 10.2. The SMILES string of the molecule is CN(CC(=O)c1ccc2cc[nH]c2c1)Cc1ccccc1. The molecule has 3 aromatic rings. The summed E-state index contributed by atoms with van der Waals surface area (Å²) in [6, 6.07) is 18.0. The van der Waals surface area contributed by atoms with Crippen LogP contribution in [0.1, 0.15) is 15.9 Å². The fourth-order valence-corrected chi connectivity index (χ4v) is 2.51. The molecule has 21 heavy (non-hydrogen) atoms. The summed E-state index contributed by atoms with van der Waals surface area (Å²) < 4.78 is 0. The van der Waals surface area contributed by atoms with Crippen LogP contribution in [0.4, 0.5) is 0 Å². The number of nitrogens with zero attached hydrogens (tertiary/aromatic N) is 1. The minimum atomic E-state index is 0.143. The Kier molecular flexibility index (Phi) is 3.84. The molecule has 0 spiro atoms. The number of aromatic amines is 1. The van der Waals surface area contributed by atoms with Gasteiger partial charge in [0.2, 0.25) is 0 Å². The van der Waals surface area contributed by atoms with Gasteiger partial charge in [0.1, 0.15) is 0 Å². The lowest BCUT2D eigenvalue weighted by molar-refractivity contribution is 0.0943. The normalized spacial score (nSPS) is 11.1. The van der Waals surface area contributed by atoms with Gasteiger partial charge in [-0.3, -0.25) is 9.69 Å². The Balaban J connectivity index is 1.67. The van der Waals surface area contributed by atoms with Crippen LogP contribution in [0.5, 0.6) is 0 Å². The minimum absolute atomic E-state index is 0.143. The summed E-state index contributed by atoms with van der Waals surface area (Å²) in [5.41, 5.74) is 2.98. The van der Waals surface area contributed by atoms with Crippen molar-refractivity contribution >= 4 is 16.7 Å². The van der Waals surface area contributed by atoms with Gasteiger partial charge in [0, 0.05) is 23.8 Å². The van der Waals surface area contributed by atoms with Gasteiger partial charge in [-0.15, -0.1) is 0 Å². The molecule has 0 amide bonds. The topological polar surface area (TPSA) is 36.1 Å². The van der Waals surface area contributed by atoms with Gasteiger partial charge in [0.25, 0.3) is 0 Å². The third-order valence-corrected chi connectivity index (χ3v) is 3.59. The lowest BCUT2D eigenvalue weighted by atomic mass is 10.1. The third-order valence-electron chi connectivity index (χ3n) is 3.59. The van der Waals surface area contributed by atoms with E-state index in [-0.39, 0.29) is 5.78 Å². The van der Waals surface area contributed by atoms with Crippen LogP contribution >= 0.6 is 0 Å². The molecule has 1 N–H and O–H groups in total. The number of Topliss-reactive ketones (excluding diaryl/α,β-unsaturated/α-hetero) is 1. The van der Waals surface area contributed by atoms with Crippen molar-refractivity contribution in [1.29, 1.82) is 0 Å². The number of rotatable bonds is 5. The second kappa shape index (κ2) is 5.94. The highest BCUT2D eigenvalue weighted by Gasteiger charge is 2.10. The predicted octanol–water partition coefficient (Wildman–Crippen LogP) is 3.48. The zero-order chi connectivity index (χ0) is 14.7. The van der Waals surface area contributed by atoms with Crippen molar-refractivity contribution < 1.29 is 4.79 Å². The molecule has 0 atom stereocenters. The number of nitrogens with one attached hydrogen (secondary N) is 1. The van der Waals surface area contributed by atoms with Crippen molar-refractivity contribution in [1.82, 2.24) is 9.88 Å². The van der Waals surface area contributed by atoms with Gasteiger partial charge in [-0.1, -0.05) is 42.5 Å². The molecule has 0 bridgehead atoms. The zero-order valence-corrected chi connectivity index (χ0v) is 12.0. The van der Waals surface area contributed by atoms with Gasteiger partial charge in [-0.2, -0.15) is 0 Å². The molecule has 2 aromatic carbocycles. The molecule has 106 valence electrons. The van der Waals surface area contributed by atoms with Crippen LogP contribution in [0, 0.1) is 0 Å². The Hall–Kier alpha value is -2.39. The van der Waals surface area contributed by atoms with Crippen LogP contribution in [0.15, 0.2) is 60.8 Å². The first kappa shape index (κ1) is 13.6. The van der Waals surface area contributed by atoms with Gasteiger partial charge >= 0.3 is 0 Å². The second-order valence-electron chi connectivity index (χ2n) is 5.36. The third kappa shape index (κ3) is 3.20. The van der Waals surface area contributed by atoms with Crippen molar-refractivity contribution in [3.8, 4) is 0 Å². The first-order valence-corrected chi connectivity index (χ1v) is 7.05. The molecule has 3 rings (SSSR count). The molecular formula is C18H18N2O. The van der Waals surface area contributed by atoms with E-state index in [9.17, 15) is 4.79 Å². The fraction of sp³-hybridized carbons (Fsp3) is 0.167. The van der Waals surface area contributed by atoms with Gasteiger partial charge in [0.05, 0.1) is 6.54 Å². The first-order valence-electron chi connectivity index (χ1n) is 7.05. The molecule has 0 unspecified atom stereocenters. The molecule has 0 aliphatic heterocycles. The fourth-order valence-electron chi connectivity index (χ4n) is 2.51. The molecule has 0 aliphatic rings. The van der Waals surface area contributed by atoms with E-state index in [0.717, 1.165) is 23.0 Å². The highest BCUT2D eigenvalue weighted by molar-refractivity contribution is 6.00. The quantitative estimate of drug-likeness (QED) is 0.725. The Morgan fingerprint density at radius 2 is 1.90 bits per heavy atom. The molecule has 0 radical (unpaired) electrons. The van der Waals surface area contributed by atoms with Gasteiger partial charge in [0.15, 0.2) is 5.78 Å². The molecule has 1 heterocycles.